The molecule has 186 valence electrons. The fraction of sp³-hybridized carbons (Fsp3) is 0.200. The van der Waals surface area contributed by atoms with Crippen LogP contribution in [-0.2, 0) is 11.2 Å². The Morgan fingerprint density at radius 1 is 1.11 bits per heavy atom. The first-order valence-corrected chi connectivity index (χ1v) is 11.4. The van der Waals surface area contributed by atoms with E-state index in [0.29, 0.717) is 47.2 Å². The summed E-state index contributed by atoms with van der Waals surface area (Å²) in [7, 11) is 0. The van der Waals surface area contributed by atoms with Crippen molar-refractivity contribution >= 4 is 46.4 Å². The number of anilines is 3. The second-order valence-corrected chi connectivity index (χ2v) is 8.21. The minimum Gasteiger partial charge on any atom is -0.491 e. The van der Waals surface area contributed by atoms with E-state index in [-0.39, 0.29) is 18.3 Å². The van der Waals surface area contributed by atoms with Crippen LogP contribution >= 0.6 is 11.6 Å². The molecule has 3 aromatic rings. The van der Waals surface area contributed by atoms with Gasteiger partial charge in [0.15, 0.2) is 0 Å². The number of hydrogen-bond donors (Lipinski definition) is 5. The second kappa shape index (κ2) is 12.9. The van der Waals surface area contributed by atoms with Crippen molar-refractivity contribution in [3.8, 4) is 5.75 Å². The number of nitrogens with zero attached hydrogens (tertiary/aromatic N) is 2. The molecule has 11 heteroatoms. The molecule has 0 aliphatic carbocycles. The number of ether oxygens (including phenoxy) is 1. The number of nitrogens with two attached hydrogens (primary N) is 2. The molecular weight excluding hydrogens is 482 g/mol. The lowest BCUT2D eigenvalue weighted by atomic mass is 10.1. The number of hydrogen-bond acceptors (Lipinski definition) is 6. The highest BCUT2D eigenvalue weighted by atomic mass is 35.5. The van der Waals surface area contributed by atoms with Crippen molar-refractivity contribution in [2.24, 2.45) is 5.73 Å². The van der Waals surface area contributed by atoms with Crippen LogP contribution in [0.25, 0.3) is 4.85 Å². The van der Waals surface area contributed by atoms with Crippen LogP contribution in [0.15, 0.2) is 60.8 Å². The summed E-state index contributed by atoms with van der Waals surface area (Å²) >= 11 is 6.07. The quantitative estimate of drug-likeness (QED) is 0.159. The van der Waals surface area contributed by atoms with E-state index in [0.717, 1.165) is 5.56 Å². The fourth-order valence-electron chi connectivity index (χ4n) is 3.12. The SMILES string of the molecule is [C-]#[N+]c1ccc(NC(=O)Nc2cc(Cl)ccc2OCCCNC(=O)[C@@H](N)Cc2ccc(N)cc2)nc1. The number of benzene rings is 2. The summed E-state index contributed by atoms with van der Waals surface area (Å²) < 4.78 is 5.78. The van der Waals surface area contributed by atoms with Crippen LogP contribution in [0.2, 0.25) is 5.02 Å². The first-order valence-electron chi connectivity index (χ1n) is 11.1. The molecule has 0 radical (unpaired) electrons. The average Bonchev–Trinajstić information content (AvgIpc) is 2.86. The highest BCUT2D eigenvalue weighted by molar-refractivity contribution is 6.31. The number of aromatic nitrogens is 1. The molecule has 2 aromatic carbocycles. The molecule has 1 atom stereocenters. The van der Waals surface area contributed by atoms with Crippen LogP contribution in [0.1, 0.15) is 12.0 Å². The predicted molar refractivity (Wildman–Crippen MR) is 140 cm³/mol. The number of urea groups is 1. The van der Waals surface area contributed by atoms with E-state index in [9.17, 15) is 9.59 Å². The van der Waals surface area contributed by atoms with Gasteiger partial charge < -0.3 is 26.8 Å². The van der Waals surface area contributed by atoms with Gasteiger partial charge in [-0.05, 0) is 54.8 Å². The standard InChI is InChI=1S/C25H26ClN7O3/c1-29-19-8-10-23(31-15-19)33-25(35)32-21-14-17(26)5-9-22(21)36-12-2-11-30-24(34)20(28)13-16-3-6-18(27)7-4-16/h3-10,14-15,20H,2,11-13,27-28H2,(H,30,34)(H2,31,32,33,35)/t20-/m0/s1. The zero-order valence-corrected chi connectivity index (χ0v) is 20.1. The van der Waals surface area contributed by atoms with Gasteiger partial charge in [0.1, 0.15) is 11.6 Å². The third-order valence-electron chi connectivity index (χ3n) is 4.96. The number of pyridine rings is 1. The van der Waals surface area contributed by atoms with E-state index in [1.807, 2.05) is 12.1 Å². The maximum absolute atomic E-state index is 12.4. The summed E-state index contributed by atoms with van der Waals surface area (Å²) in [5, 5.41) is 8.47. The molecule has 0 aliphatic heterocycles. The Morgan fingerprint density at radius 3 is 2.58 bits per heavy atom. The van der Waals surface area contributed by atoms with E-state index in [4.69, 9.17) is 34.4 Å². The number of nitrogens with one attached hydrogen (secondary N) is 3. The Balaban J connectivity index is 1.44. The highest BCUT2D eigenvalue weighted by Crippen LogP contribution is 2.28. The van der Waals surface area contributed by atoms with Gasteiger partial charge in [0.25, 0.3) is 0 Å². The average molecular weight is 508 g/mol. The van der Waals surface area contributed by atoms with E-state index >= 15 is 0 Å². The Bertz CT molecular complexity index is 1230. The molecule has 0 spiro atoms. The first kappa shape index (κ1) is 26.3. The number of halogens is 1. The van der Waals surface area contributed by atoms with Crippen LogP contribution in [0.4, 0.5) is 27.7 Å². The molecule has 3 rings (SSSR count). The maximum Gasteiger partial charge on any atom is 0.324 e. The molecule has 0 fully saturated rings. The summed E-state index contributed by atoms with van der Waals surface area (Å²) in [4.78, 5) is 31.9. The maximum atomic E-state index is 12.4. The molecule has 3 amide bonds. The number of nitrogen functional groups attached to an aromatic ring is 1. The minimum atomic E-state index is -0.674. The number of rotatable bonds is 10. The molecule has 36 heavy (non-hydrogen) atoms. The summed E-state index contributed by atoms with van der Waals surface area (Å²) in [5.74, 6) is 0.447. The highest BCUT2D eigenvalue weighted by Gasteiger charge is 2.14. The number of carbonyl (C=O) groups is 2. The van der Waals surface area contributed by atoms with Gasteiger partial charge in [-0.3, -0.25) is 15.1 Å². The van der Waals surface area contributed by atoms with Gasteiger partial charge in [0, 0.05) is 23.5 Å². The smallest absolute Gasteiger partial charge is 0.324 e. The lowest BCUT2D eigenvalue weighted by Crippen LogP contribution is -2.42. The lowest BCUT2D eigenvalue weighted by molar-refractivity contribution is -0.122. The summed E-state index contributed by atoms with van der Waals surface area (Å²) in [6.45, 7) is 7.60. The summed E-state index contributed by atoms with van der Waals surface area (Å²) in [6, 6.07) is 13.9. The normalized spacial score (nSPS) is 11.1. The Morgan fingerprint density at radius 2 is 1.89 bits per heavy atom. The predicted octanol–water partition coefficient (Wildman–Crippen LogP) is 3.97. The molecule has 0 bridgehead atoms. The molecule has 0 aliphatic rings. The van der Waals surface area contributed by atoms with Crippen molar-refractivity contribution in [1.82, 2.24) is 10.3 Å². The van der Waals surface area contributed by atoms with Gasteiger partial charge >= 0.3 is 6.03 Å². The van der Waals surface area contributed by atoms with Gasteiger partial charge in [-0.25, -0.2) is 9.64 Å². The Kier molecular flexibility index (Phi) is 9.45. The first-order chi connectivity index (χ1) is 17.3. The Labute approximate surface area is 213 Å². The summed E-state index contributed by atoms with van der Waals surface area (Å²) in [5.41, 5.74) is 14.0. The number of amides is 3. The van der Waals surface area contributed by atoms with Gasteiger partial charge in [-0.2, -0.15) is 0 Å². The van der Waals surface area contributed by atoms with Crippen molar-refractivity contribution in [3.63, 3.8) is 0 Å². The van der Waals surface area contributed by atoms with Crippen molar-refractivity contribution < 1.29 is 14.3 Å². The van der Waals surface area contributed by atoms with E-state index < -0.39 is 12.1 Å². The zero-order valence-electron chi connectivity index (χ0n) is 19.3. The fourth-order valence-corrected chi connectivity index (χ4v) is 3.29. The molecule has 7 N–H and O–H groups in total. The lowest BCUT2D eigenvalue weighted by Gasteiger charge is -2.15. The van der Waals surface area contributed by atoms with E-state index in [1.165, 1.54) is 12.3 Å². The molecule has 0 saturated heterocycles. The topological polar surface area (TPSA) is 149 Å². The summed E-state index contributed by atoms with van der Waals surface area (Å²) in [6.07, 6.45) is 2.29. The minimum absolute atomic E-state index is 0.254. The molecule has 10 nitrogen and oxygen atoms in total. The third kappa shape index (κ3) is 8.16. The molecule has 1 aromatic heterocycles. The number of carbonyl (C=O) groups excluding carboxylic acids is 2. The van der Waals surface area contributed by atoms with Crippen molar-refractivity contribution in [1.29, 1.82) is 0 Å². The van der Waals surface area contributed by atoms with E-state index in [2.05, 4.69) is 25.8 Å². The van der Waals surface area contributed by atoms with Crippen LogP contribution in [-0.4, -0.2) is 36.1 Å². The molecular formula is C25H26ClN7O3. The van der Waals surface area contributed by atoms with E-state index in [1.54, 1.807) is 36.4 Å². The van der Waals surface area contributed by atoms with Gasteiger partial charge in [0.05, 0.1) is 24.9 Å². The largest absolute Gasteiger partial charge is 0.491 e. The van der Waals surface area contributed by atoms with Crippen LogP contribution in [0, 0.1) is 6.57 Å². The molecule has 0 saturated carbocycles. The van der Waals surface area contributed by atoms with Gasteiger partial charge in [0.2, 0.25) is 11.6 Å². The Hall–Kier alpha value is -4.33. The molecule has 0 unspecified atom stereocenters. The van der Waals surface area contributed by atoms with Gasteiger partial charge in [-0.15, -0.1) is 0 Å². The van der Waals surface area contributed by atoms with Crippen LogP contribution < -0.4 is 32.2 Å². The second-order valence-electron chi connectivity index (χ2n) is 7.78. The van der Waals surface area contributed by atoms with Crippen molar-refractivity contribution in [2.75, 3.05) is 29.5 Å². The monoisotopic (exact) mass is 507 g/mol. The molecule has 1 heterocycles. The third-order valence-corrected chi connectivity index (χ3v) is 5.19. The van der Waals surface area contributed by atoms with Gasteiger partial charge in [-0.1, -0.05) is 29.8 Å². The van der Waals surface area contributed by atoms with Crippen LogP contribution in [0.3, 0.4) is 0 Å². The zero-order chi connectivity index (χ0) is 25.9. The van der Waals surface area contributed by atoms with Crippen molar-refractivity contribution in [2.45, 2.75) is 18.9 Å². The van der Waals surface area contributed by atoms with Crippen molar-refractivity contribution in [3.05, 3.63) is 82.8 Å². The van der Waals surface area contributed by atoms with Crippen LogP contribution in [0.5, 0.6) is 5.75 Å².